The second-order valence-electron chi connectivity index (χ2n) is 5.39. The van der Waals surface area contributed by atoms with Gasteiger partial charge in [0.2, 0.25) is 0 Å². The van der Waals surface area contributed by atoms with Gasteiger partial charge in [-0.2, -0.15) is 5.10 Å². The van der Waals surface area contributed by atoms with Crippen LogP contribution in [0, 0.1) is 0 Å². The van der Waals surface area contributed by atoms with Crippen LogP contribution in [0.2, 0.25) is 0 Å². The molecule has 1 atom stereocenters. The van der Waals surface area contributed by atoms with E-state index in [-0.39, 0.29) is 11.7 Å². The molecule has 3 heteroatoms. The van der Waals surface area contributed by atoms with Crippen molar-refractivity contribution in [3.63, 3.8) is 0 Å². The third kappa shape index (κ3) is 2.50. The van der Waals surface area contributed by atoms with Gasteiger partial charge in [-0.05, 0) is 6.92 Å². The van der Waals surface area contributed by atoms with Crippen molar-refractivity contribution >= 4 is 16.6 Å². The lowest BCUT2D eigenvalue weighted by Crippen LogP contribution is -2.11. The number of carbonyl (C=O) groups excluding carboxylic acids is 1. The standard InChI is InChI=1S/C19H18N2O/c1-3-17(22)13(2)18-15-11-7-8-12-16(15)19(21-20-18)14-9-5-4-6-10-14/h4-13H,3H2,1-2H3. The second kappa shape index (κ2) is 6.06. The molecule has 0 amide bonds. The van der Waals surface area contributed by atoms with Gasteiger partial charge in [-0.25, -0.2) is 0 Å². The zero-order valence-corrected chi connectivity index (χ0v) is 12.8. The van der Waals surface area contributed by atoms with Gasteiger partial charge in [0, 0.05) is 22.8 Å². The van der Waals surface area contributed by atoms with E-state index in [0.29, 0.717) is 6.42 Å². The Kier molecular flexibility index (Phi) is 3.96. The molecule has 0 aliphatic heterocycles. The van der Waals surface area contributed by atoms with Crippen LogP contribution in [0.5, 0.6) is 0 Å². The third-order valence-corrected chi connectivity index (χ3v) is 4.00. The minimum absolute atomic E-state index is 0.187. The molecule has 3 rings (SSSR count). The van der Waals surface area contributed by atoms with Crippen LogP contribution < -0.4 is 0 Å². The van der Waals surface area contributed by atoms with Crippen molar-refractivity contribution in [1.82, 2.24) is 10.2 Å². The van der Waals surface area contributed by atoms with E-state index in [1.807, 2.05) is 68.4 Å². The summed E-state index contributed by atoms with van der Waals surface area (Å²) in [4.78, 5) is 12.0. The molecular weight excluding hydrogens is 272 g/mol. The van der Waals surface area contributed by atoms with Crippen LogP contribution in [0.25, 0.3) is 22.0 Å². The van der Waals surface area contributed by atoms with E-state index < -0.39 is 0 Å². The number of nitrogens with zero attached hydrogens (tertiary/aromatic N) is 2. The third-order valence-electron chi connectivity index (χ3n) is 4.00. The van der Waals surface area contributed by atoms with Gasteiger partial charge < -0.3 is 0 Å². The number of aromatic nitrogens is 2. The molecule has 0 fully saturated rings. The second-order valence-corrected chi connectivity index (χ2v) is 5.39. The van der Waals surface area contributed by atoms with Crippen LogP contribution in [0.4, 0.5) is 0 Å². The number of carbonyl (C=O) groups is 1. The van der Waals surface area contributed by atoms with E-state index >= 15 is 0 Å². The number of rotatable bonds is 4. The first kappa shape index (κ1) is 14.4. The molecule has 0 saturated heterocycles. The summed E-state index contributed by atoms with van der Waals surface area (Å²) in [7, 11) is 0. The van der Waals surface area contributed by atoms with Crippen molar-refractivity contribution in [3.05, 3.63) is 60.3 Å². The molecule has 0 aliphatic rings. The predicted molar refractivity (Wildman–Crippen MR) is 88.7 cm³/mol. The van der Waals surface area contributed by atoms with E-state index in [2.05, 4.69) is 10.2 Å². The summed E-state index contributed by atoms with van der Waals surface area (Å²) in [6.07, 6.45) is 0.512. The minimum Gasteiger partial charge on any atom is -0.299 e. The van der Waals surface area contributed by atoms with Gasteiger partial charge >= 0.3 is 0 Å². The zero-order valence-electron chi connectivity index (χ0n) is 12.8. The maximum Gasteiger partial charge on any atom is 0.141 e. The SMILES string of the molecule is CCC(=O)C(C)c1nnc(-c2ccccc2)c2ccccc12. The fourth-order valence-corrected chi connectivity index (χ4v) is 2.71. The maximum atomic E-state index is 12.0. The first-order valence-electron chi connectivity index (χ1n) is 7.55. The van der Waals surface area contributed by atoms with Crippen molar-refractivity contribution in [2.24, 2.45) is 0 Å². The summed E-state index contributed by atoms with van der Waals surface area (Å²) in [6, 6.07) is 18.0. The number of hydrogen-bond donors (Lipinski definition) is 0. The highest BCUT2D eigenvalue weighted by Gasteiger charge is 2.19. The van der Waals surface area contributed by atoms with Gasteiger partial charge in [-0.1, -0.05) is 61.5 Å². The Morgan fingerprint density at radius 1 is 0.955 bits per heavy atom. The molecule has 0 aliphatic carbocycles. The molecule has 1 unspecified atom stereocenters. The lowest BCUT2D eigenvalue weighted by atomic mass is 9.94. The largest absolute Gasteiger partial charge is 0.299 e. The summed E-state index contributed by atoms with van der Waals surface area (Å²) in [5, 5.41) is 10.8. The molecule has 1 aromatic heterocycles. The summed E-state index contributed by atoms with van der Waals surface area (Å²) in [6.45, 7) is 3.79. The van der Waals surface area contributed by atoms with Crippen LogP contribution in [0.1, 0.15) is 31.9 Å². The minimum atomic E-state index is -0.229. The maximum absolute atomic E-state index is 12.0. The Labute approximate surface area is 130 Å². The fourth-order valence-electron chi connectivity index (χ4n) is 2.71. The Bertz CT molecular complexity index is 812. The van der Waals surface area contributed by atoms with Gasteiger partial charge in [0.25, 0.3) is 0 Å². The van der Waals surface area contributed by atoms with Crippen molar-refractivity contribution in [2.45, 2.75) is 26.2 Å². The molecule has 2 aromatic carbocycles. The summed E-state index contributed by atoms with van der Waals surface area (Å²) in [5.74, 6) is -0.0425. The van der Waals surface area contributed by atoms with Crippen molar-refractivity contribution in [2.75, 3.05) is 0 Å². The average Bonchev–Trinajstić information content (AvgIpc) is 2.60. The van der Waals surface area contributed by atoms with E-state index in [4.69, 9.17) is 0 Å². The smallest absolute Gasteiger partial charge is 0.141 e. The quantitative estimate of drug-likeness (QED) is 0.716. The molecular formula is C19H18N2O. The molecule has 0 N–H and O–H groups in total. The molecule has 110 valence electrons. The van der Waals surface area contributed by atoms with Crippen molar-refractivity contribution < 1.29 is 4.79 Å². The first-order chi connectivity index (χ1) is 10.7. The van der Waals surface area contributed by atoms with Crippen LogP contribution in [0.15, 0.2) is 54.6 Å². The van der Waals surface area contributed by atoms with Gasteiger partial charge in [0.1, 0.15) is 11.5 Å². The Hall–Kier alpha value is -2.55. The highest BCUT2D eigenvalue weighted by atomic mass is 16.1. The van der Waals surface area contributed by atoms with Crippen LogP contribution >= 0.6 is 0 Å². The van der Waals surface area contributed by atoms with E-state index in [1.165, 1.54) is 0 Å². The van der Waals surface area contributed by atoms with Gasteiger partial charge in [-0.3, -0.25) is 4.79 Å². The lowest BCUT2D eigenvalue weighted by Gasteiger charge is -2.13. The number of hydrogen-bond acceptors (Lipinski definition) is 3. The van der Waals surface area contributed by atoms with Crippen molar-refractivity contribution in [1.29, 1.82) is 0 Å². The molecule has 3 aromatic rings. The average molecular weight is 290 g/mol. The molecule has 0 saturated carbocycles. The van der Waals surface area contributed by atoms with Crippen LogP contribution in [-0.4, -0.2) is 16.0 Å². The first-order valence-corrected chi connectivity index (χ1v) is 7.55. The summed E-state index contributed by atoms with van der Waals surface area (Å²) in [5.41, 5.74) is 2.66. The van der Waals surface area contributed by atoms with E-state index in [1.54, 1.807) is 0 Å². The monoisotopic (exact) mass is 290 g/mol. The summed E-state index contributed by atoms with van der Waals surface area (Å²) >= 11 is 0. The zero-order chi connectivity index (χ0) is 15.5. The highest BCUT2D eigenvalue weighted by molar-refractivity contribution is 5.98. The molecule has 0 bridgehead atoms. The number of fused-ring (bicyclic) bond motifs is 1. The van der Waals surface area contributed by atoms with Gasteiger partial charge in [0.15, 0.2) is 0 Å². The molecule has 0 radical (unpaired) electrons. The number of Topliss-reactive ketones (excluding diaryl/α,β-unsaturated/α-hetero) is 1. The van der Waals surface area contributed by atoms with E-state index in [0.717, 1.165) is 27.7 Å². The van der Waals surface area contributed by atoms with Gasteiger partial charge in [0.05, 0.1) is 11.6 Å². The Morgan fingerprint density at radius 3 is 2.27 bits per heavy atom. The van der Waals surface area contributed by atoms with Gasteiger partial charge in [-0.15, -0.1) is 5.10 Å². The Balaban J connectivity index is 2.22. The molecule has 0 spiro atoms. The lowest BCUT2D eigenvalue weighted by molar-refractivity contribution is -0.119. The topological polar surface area (TPSA) is 42.9 Å². The van der Waals surface area contributed by atoms with E-state index in [9.17, 15) is 4.79 Å². The number of ketones is 1. The van der Waals surface area contributed by atoms with Crippen molar-refractivity contribution in [3.8, 4) is 11.3 Å². The summed E-state index contributed by atoms with van der Waals surface area (Å²) < 4.78 is 0. The Morgan fingerprint density at radius 2 is 1.59 bits per heavy atom. The number of benzene rings is 2. The highest BCUT2D eigenvalue weighted by Crippen LogP contribution is 2.30. The van der Waals surface area contributed by atoms with Crippen LogP contribution in [-0.2, 0) is 4.79 Å². The predicted octanol–water partition coefficient (Wildman–Crippen LogP) is 4.38. The molecule has 3 nitrogen and oxygen atoms in total. The fraction of sp³-hybridized carbons (Fsp3) is 0.211. The van der Waals surface area contributed by atoms with Crippen LogP contribution in [0.3, 0.4) is 0 Å². The molecule has 22 heavy (non-hydrogen) atoms. The molecule has 1 heterocycles. The normalized spacial score (nSPS) is 12.3.